The molecule has 0 spiro atoms. The van der Waals surface area contributed by atoms with Crippen LogP contribution in [0.15, 0.2) is 0 Å². The molecule has 0 heterocycles. The van der Waals surface area contributed by atoms with Gasteiger partial charge < -0.3 is 5.32 Å². The van der Waals surface area contributed by atoms with Crippen molar-refractivity contribution in [1.29, 1.82) is 0 Å². The lowest BCUT2D eigenvalue weighted by atomic mass is 10.2. The van der Waals surface area contributed by atoms with E-state index in [4.69, 9.17) is 0 Å². The van der Waals surface area contributed by atoms with E-state index in [1.165, 1.54) is 0 Å². The quantitative estimate of drug-likeness (QED) is 0.685. The molecule has 0 fully saturated rings. The average Bonchev–Trinajstić information content (AvgIpc) is 2.22. The van der Waals surface area contributed by atoms with Gasteiger partial charge in [-0.1, -0.05) is 13.8 Å². The van der Waals surface area contributed by atoms with E-state index in [9.17, 15) is 17.2 Å². The summed E-state index contributed by atoms with van der Waals surface area (Å²) in [6.45, 7) is 4.00. The summed E-state index contributed by atoms with van der Waals surface area (Å²) in [6, 6.07) is -0.882. The van der Waals surface area contributed by atoms with Crippen LogP contribution in [-0.4, -0.2) is 38.9 Å². The Morgan fingerprint density at radius 1 is 1.25 bits per heavy atom. The number of hydrogen-bond acceptors (Lipinski definition) is 3. The van der Waals surface area contributed by atoms with E-state index >= 15 is 0 Å². The molecule has 1 atom stereocenters. The molecule has 0 saturated carbocycles. The fourth-order valence-electron chi connectivity index (χ4n) is 1.31. The zero-order valence-corrected chi connectivity index (χ0v) is 10.7. The van der Waals surface area contributed by atoms with Crippen LogP contribution < -0.4 is 5.32 Å². The fourth-order valence-corrected chi connectivity index (χ4v) is 2.21. The van der Waals surface area contributed by atoms with Gasteiger partial charge in [-0.25, -0.2) is 17.2 Å². The lowest BCUT2D eigenvalue weighted by Gasteiger charge is -2.17. The average molecular weight is 257 g/mol. The summed E-state index contributed by atoms with van der Waals surface area (Å²) in [7, 11) is -3.03. The second kappa shape index (κ2) is 7.95. The van der Waals surface area contributed by atoms with E-state index in [1.807, 2.05) is 6.92 Å². The summed E-state index contributed by atoms with van der Waals surface area (Å²) in [4.78, 5) is 0. The van der Waals surface area contributed by atoms with E-state index in [2.05, 4.69) is 5.32 Å². The van der Waals surface area contributed by atoms with Gasteiger partial charge in [-0.05, 0) is 25.8 Å². The van der Waals surface area contributed by atoms with Crippen molar-refractivity contribution in [3.05, 3.63) is 0 Å². The topological polar surface area (TPSA) is 46.2 Å². The Morgan fingerprint density at radius 3 is 2.31 bits per heavy atom. The molecule has 98 valence electrons. The van der Waals surface area contributed by atoms with E-state index in [-0.39, 0.29) is 17.9 Å². The van der Waals surface area contributed by atoms with Crippen molar-refractivity contribution in [1.82, 2.24) is 5.32 Å². The first kappa shape index (κ1) is 15.8. The summed E-state index contributed by atoms with van der Waals surface area (Å²) < 4.78 is 47.3. The first-order valence-electron chi connectivity index (χ1n) is 5.65. The fraction of sp³-hybridized carbons (Fsp3) is 1.00. The summed E-state index contributed by atoms with van der Waals surface area (Å²) in [5, 5.41) is 2.73. The molecule has 0 aromatic rings. The van der Waals surface area contributed by atoms with Crippen molar-refractivity contribution in [2.75, 3.05) is 18.1 Å². The SMILES string of the molecule is CCCNC(CCCS(=O)(=O)CC)C(F)F. The predicted octanol–water partition coefficient (Wildman–Crippen LogP) is 1.83. The Bertz CT molecular complexity index is 268. The van der Waals surface area contributed by atoms with Gasteiger partial charge in [0.25, 0.3) is 6.43 Å². The van der Waals surface area contributed by atoms with Crippen LogP contribution in [0.5, 0.6) is 0 Å². The maximum atomic E-state index is 12.5. The molecule has 0 aliphatic rings. The third kappa shape index (κ3) is 7.11. The highest BCUT2D eigenvalue weighted by Crippen LogP contribution is 2.09. The summed E-state index contributed by atoms with van der Waals surface area (Å²) >= 11 is 0. The van der Waals surface area contributed by atoms with Crippen LogP contribution in [-0.2, 0) is 9.84 Å². The maximum Gasteiger partial charge on any atom is 0.253 e. The first-order chi connectivity index (χ1) is 7.43. The van der Waals surface area contributed by atoms with Crippen LogP contribution in [0.25, 0.3) is 0 Å². The summed E-state index contributed by atoms with van der Waals surface area (Å²) in [5.41, 5.74) is 0. The van der Waals surface area contributed by atoms with Crippen LogP contribution in [0.1, 0.15) is 33.1 Å². The highest BCUT2D eigenvalue weighted by atomic mass is 32.2. The number of hydrogen-bond donors (Lipinski definition) is 1. The summed E-state index contributed by atoms with van der Waals surface area (Å²) in [6.07, 6.45) is -1.15. The van der Waals surface area contributed by atoms with Gasteiger partial charge in [-0.2, -0.15) is 0 Å². The Hall–Kier alpha value is -0.230. The Kier molecular flexibility index (Phi) is 7.83. The molecule has 0 saturated heterocycles. The first-order valence-corrected chi connectivity index (χ1v) is 7.47. The van der Waals surface area contributed by atoms with Gasteiger partial charge in [-0.15, -0.1) is 0 Å². The predicted molar refractivity (Wildman–Crippen MR) is 61.6 cm³/mol. The Morgan fingerprint density at radius 2 is 1.88 bits per heavy atom. The van der Waals surface area contributed by atoms with Crippen molar-refractivity contribution in [2.24, 2.45) is 0 Å². The monoisotopic (exact) mass is 257 g/mol. The minimum atomic E-state index is -3.03. The van der Waals surface area contributed by atoms with Gasteiger partial charge in [0.2, 0.25) is 0 Å². The van der Waals surface area contributed by atoms with Crippen molar-refractivity contribution >= 4 is 9.84 Å². The standard InChI is InChI=1S/C10H21F2NO2S/c1-3-7-13-9(10(11)12)6-5-8-16(14,15)4-2/h9-10,13H,3-8H2,1-2H3. The van der Waals surface area contributed by atoms with E-state index in [1.54, 1.807) is 6.92 Å². The lowest BCUT2D eigenvalue weighted by molar-refractivity contribution is 0.0939. The molecule has 6 heteroatoms. The molecule has 0 rings (SSSR count). The van der Waals surface area contributed by atoms with Crippen LogP contribution in [0.4, 0.5) is 8.78 Å². The van der Waals surface area contributed by atoms with E-state index < -0.39 is 22.3 Å². The largest absolute Gasteiger partial charge is 0.309 e. The molecular weight excluding hydrogens is 236 g/mol. The van der Waals surface area contributed by atoms with Crippen molar-refractivity contribution in [3.63, 3.8) is 0 Å². The summed E-state index contributed by atoms with van der Waals surface area (Å²) in [5.74, 6) is 0.0786. The Balaban J connectivity index is 3.94. The molecule has 1 unspecified atom stereocenters. The second-order valence-electron chi connectivity index (χ2n) is 3.77. The third-order valence-corrected chi connectivity index (χ3v) is 4.16. The van der Waals surface area contributed by atoms with E-state index in [0.29, 0.717) is 13.0 Å². The molecule has 16 heavy (non-hydrogen) atoms. The third-order valence-electron chi connectivity index (χ3n) is 2.37. The smallest absolute Gasteiger partial charge is 0.253 e. The van der Waals surface area contributed by atoms with Gasteiger partial charge in [0.05, 0.1) is 11.8 Å². The van der Waals surface area contributed by atoms with Crippen LogP contribution >= 0.6 is 0 Å². The number of sulfone groups is 1. The van der Waals surface area contributed by atoms with Crippen LogP contribution in [0, 0.1) is 0 Å². The molecule has 3 nitrogen and oxygen atoms in total. The molecular formula is C10H21F2NO2S. The highest BCUT2D eigenvalue weighted by molar-refractivity contribution is 7.91. The zero-order chi connectivity index (χ0) is 12.6. The Labute approximate surface area is 96.5 Å². The van der Waals surface area contributed by atoms with Gasteiger partial charge in [0.15, 0.2) is 0 Å². The van der Waals surface area contributed by atoms with E-state index in [0.717, 1.165) is 6.42 Å². The lowest BCUT2D eigenvalue weighted by Crippen LogP contribution is -2.36. The van der Waals surface area contributed by atoms with Gasteiger partial charge >= 0.3 is 0 Å². The molecule has 0 aromatic carbocycles. The molecule has 0 aliphatic carbocycles. The number of nitrogens with one attached hydrogen (secondary N) is 1. The molecule has 0 bridgehead atoms. The molecule has 0 radical (unpaired) electrons. The van der Waals surface area contributed by atoms with Crippen molar-refractivity contribution < 1.29 is 17.2 Å². The van der Waals surface area contributed by atoms with Crippen LogP contribution in [0.2, 0.25) is 0 Å². The normalized spacial score (nSPS) is 14.3. The minimum Gasteiger partial charge on any atom is -0.309 e. The van der Waals surface area contributed by atoms with Crippen molar-refractivity contribution in [2.45, 2.75) is 45.6 Å². The maximum absolute atomic E-state index is 12.5. The van der Waals surface area contributed by atoms with Gasteiger partial charge in [0, 0.05) is 5.75 Å². The van der Waals surface area contributed by atoms with Crippen LogP contribution in [0.3, 0.4) is 0 Å². The number of alkyl halides is 2. The molecule has 0 aromatic heterocycles. The van der Waals surface area contributed by atoms with Crippen molar-refractivity contribution in [3.8, 4) is 0 Å². The molecule has 0 aliphatic heterocycles. The van der Waals surface area contributed by atoms with Gasteiger partial charge in [0.1, 0.15) is 9.84 Å². The van der Waals surface area contributed by atoms with Gasteiger partial charge in [-0.3, -0.25) is 0 Å². The zero-order valence-electron chi connectivity index (χ0n) is 9.88. The molecule has 1 N–H and O–H groups in total. The minimum absolute atomic E-state index is 0.000521. The number of rotatable bonds is 9. The molecule has 0 amide bonds. The second-order valence-corrected chi connectivity index (χ2v) is 6.25. The highest BCUT2D eigenvalue weighted by Gasteiger charge is 2.19. The number of halogens is 2.